The minimum atomic E-state index is -1.23. The van der Waals surface area contributed by atoms with Crippen LogP contribution < -0.4 is 4.90 Å². The van der Waals surface area contributed by atoms with Crippen LogP contribution >= 0.6 is 0 Å². The number of ketones is 1. The Hall–Kier alpha value is -3.68. The number of amides is 1. The van der Waals surface area contributed by atoms with Gasteiger partial charge in [-0.05, 0) is 32.0 Å². The number of hydrogen-bond acceptors (Lipinski definition) is 6. The van der Waals surface area contributed by atoms with Gasteiger partial charge in [0, 0.05) is 11.6 Å². The molecule has 1 atom stereocenters. The predicted molar refractivity (Wildman–Crippen MR) is 95.3 cm³/mol. The molecule has 0 radical (unpaired) electrons. The largest absolute Gasteiger partial charge is 0.503 e. The third-order valence-corrected chi connectivity index (χ3v) is 4.48. The fraction of sp³-hybridized carbons (Fsp3) is 0.150. The average Bonchev–Trinajstić information content (AvgIpc) is 3.35. The monoisotopic (exact) mass is 382 g/mol. The fourth-order valence-electron chi connectivity index (χ4n) is 3.22. The van der Waals surface area contributed by atoms with E-state index in [0.717, 1.165) is 4.90 Å². The second-order valence-electron chi connectivity index (χ2n) is 6.40. The molecule has 0 fully saturated rings. The zero-order chi connectivity index (χ0) is 20.0. The molecule has 1 amide bonds. The maximum Gasteiger partial charge on any atom is 0.295 e. The molecule has 0 unspecified atom stereocenters. The number of hydrogen-bond donors (Lipinski definition) is 1. The number of benzene rings is 1. The minimum Gasteiger partial charge on any atom is -0.503 e. The lowest BCUT2D eigenvalue weighted by Crippen LogP contribution is -2.31. The van der Waals surface area contributed by atoms with Crippen molar-refractivity contribution in [2.75, 3.05) is 4.90 Å². The van der Waals surface area contributed by atoms with Crippen molar-refractivity contribution in [1.29, 1.82) is 0 Å². The molecule has 7 nitrogen and oxygen atoms in total. The fourth-order valence-corrected chi connectivity index (χ4v) is 3.22. The van der Waals surface area contributed by atoms with E-state index in [1.807, 2.05) is 0 Å². The highest BCUT2D eigenvalue weighted by Gasteiger charge is 2.47. The SMILES string of the molecule is Cc1cc(N2C(=O)C(O)=C(C(=O)c3ccc(C)o3)[C@H]2c2ccccc2F)no1. The molecule has 0 bridgehead atoms. The standard InChI is InChI=1S/C20H15FN2O5/c1-10-7-8-14(27-10)18(24)16-17(12-5-3-4-6-13(12)21)23(20(26)19(16)25)15-9-11(2)28-22-15/h3-9,17,25H,1-2H3/t17-/m1/s1. The summed E-state index contributed by atoms with van der Waals surface area (Å²) < 4.78 is 25.0. The number of furan rings is 1. The number of aromatic nitrogens is 1. The van der Waals surface area contributed by atoms with E-state index in [0.29, 0.717) is 11.5 Å². The molecule has 1 aromatic carbocycles. The van der Waals surface area contributed by atoms with Crippen molar-refractivity contribution < 1.29 is 28.0 Å². The van der Waals surface area contributed by atoms with Gasteiger partial charge in [-0.15, -0.1) is 0 Å². The zero-order valence-electron chi connectivity index (χ0n) is 15.0. The molecule has 3 heterocycles. The van der Waals surface area contributed by atoms with Crippen molar-refractivity contribution in [3.05, 3.63) is 82.5 Å². The lowest BCUT2D eigenvalue weighted by Gasteiger charge is -2.24. The molecule has 1 aliphatic heterocycles. The molecule has 0 aliphatic carbocycles. The van der Waals surface area contributed by atoms with Gasteiger partial charge < -0.3 is 14.0 Å². The Morgan fingerprint density at radius 2 is 1.93 bits per heavy atom. The van der Waals surface area contributed by atoms with Crippen LogP contribution in [0, 0.1) is 19.7 Å². The Bertz CT molecular complexity index is 1130. The van der Waals surface area contributed by atoms with E-state index in [1.165, 1.54) is 30.3 Å². The molecular formula is C20H15FN2O5. The summed E-state index contributed by atoms with van der Waals surface area (Å²) >= 11 is 0. The second-order valence-corrected chi connectivity index (χ2v) is 6.40. The van der Waals surface area contributed by atoms with Crippen molar-refractivity contribution in [3.63, 3.8) is 0 Å². The zero-order valence-corrected chi connectivity index (χ0v) is 15.0. The van der Waals surface area contributed by atoms with Gasteiger partial charge in [0.05, 0.1) is 11.6 Å². The van der Waals surface area contributed by atoms with Crippen molar-refractivity contribution in [3.8, 4) is 0 Å². The van der Waals surface area contributed by atoms with Gasteiger partial charge in [-0.1, -0.05) is 23.4 Å². The summed E-state index contributed by atoms with van der Waals surface area (Å²) in [7, 11) is 0. The molecule has 0 saturated heterocycles. The van der Waals surface area contributed by atoms with E-state index in [2.05, 4.69) is 5.16 Å². The average molecular weight is 382 g/mol. The number of aliphatic hydroxyl groups is 1. The molecular weight excluding hydrogens is 367 g/mol. The van der Waals surface area contributed by atoms with E-state index in [1.54, 1.807) is 26.0 Å². The quantitative estimate of drug-likeness (QED) is 0.690. The lowest BCUT2D eigenvalue weighted by molar-refractivity contribution is -0.117. The molecule has 1 N–H and O–H groups in total. The third-order valence-electron chi connectivity index (χ3n) is 4.48. The maximum absolute atomic E-state index is 14.6. The van der Waals surface area contributed by atoms with Gasteiger partial charge in [0.15, 0.2) is 17.3 Å². The first kappa shape index (κ1) is 17.7. The van der Waals surface area contributed by atoms with Crippen LogP contribution in [0.5, 0.6) is 0 Å². The van der Waals surface area contributed by atoms with Gasteiger partial charge in [-0.2, -0.15) is 0 Å². The lowest BCUT2D eigenvalue weighted by atomic mass is 9.94. The number of carbonyl (C=O) groups is 2. The van der Waals surface area contributed by atoms with Crippen LogP contribution in [-0.2, 0) is 4.79 Å². The molecule has 1 aliphatic rings. The smallest absolute Gasteiger partial charge is 0.295 e. The Balaban J connectivity index is 1.90. The molecule has 142 valence electrons. The highest BCUT2D eigenvalue weighted by Crippen LogP contribution is 2.42. The van der Waals surface area contributed by atoms with Crippen LogP contribution in [0.2, 0.25) is 0 Å². The summed E-state index contributed by atoms with van der Waals surface area (Å²) in [6.07, 6.45) is 0. The Labute approximate surface area is 158 Å². The molecule has 8 heteroatoms. The summed E-state index contributed by atoms with van der Waals surface area (Å²) in [5.41, 5.74) is -0.253. The van der Waals surface area contributed by atoms with E-state index < -0.39 is 29.3 Å². The van der Waals surface area contributed by atoms with Crippen molar-refractivity contribution in [2.45, 2.75) is 19.9 Å². The third kappa shape index (κ3) is 2.70. The van der Waals surface area contributed by atoms with Crippen LogP contribution in [0.4, 0.5) is 10.2 Å². The van der Waals surface area contributed by atoms with Gasteiger partial charge in [-0.25, -0.2) is 4.39 Å². The normalized spacial score (nSPS) is 16.9. The number of rotatable bonds is 4. The molecule has 4 rings (SSSR count). The number of aliphatic hydroxyl groups excluding tert-OH is 1. The first-order chi connectivity index (χ1) is 13.4. The number of aryl methyl sites for hydroxylation is 2. The minimum absolute atomic E-state index is 0.0344. The Kier molecular flexibility index (Phi) is 4.11. The van der Waals surface area contributed by atoms with Crippen molar-refractivity contribution >= 4 is 17.5 Å². The van der Waals surface area contributed by atoms with E-state index in [4.69, 9.17) is 8.94 Å². The van der Waals surface area contributed by atoms with Gasteiger partial charge in [0.25, 0.3) is 5.91 Å². The number of nitrogens with zero attached hydrogens (tertiary/aromatic N) is 2. The summed E-state index contributed by atoms with van der Waals surface area (Å²) in [4.78, 5) is 26.9. The Morgan fingerprint density at radius 3 is 2.54 bits per heavy atom. The maximum atomic E-state index is 14.6. The Morgan fingerprint density at radius 1 is 1.18 bits per heavy atom. The van der Waals surface area contributed by atoms with Gasteiger partial charge in [0.2, 0.25) is 5.78 Å². The number of Topliss-reactive ketones (excluding diaryl/α,β-unsaturated/α-hetero) is 1. The highest BCUT2D eigenvalue weighted by atomic mass is 19.1. The number of anilines is 1. The van der Waals surface area contributed by atoms with Crippen molar-refractivity contribution in [2.24, 2.45) is 0 Å². The van der Waals surface area contributed by atoms with E-state index in [-0.39, 0.29) is 22.7 Å². The van der Waals surface area contributed by atoms with Crippen LogP contribution in [0.25, 0.3) is 0 Å². The van der Waals surface area contributed by atoms with E-state index in [9.17, 15) is 19.1 Å². The van der Waals surface area contributed by atoms with Gasteiger partial charge in [0.1, 0.15) is 17.3 Å². The summed E-state index contributed by atoms with van der Waals surface area (Å²) in [5, 5.41) is 14.3. The van der Waals surface area contributed by atoms with Gasteiger partial charge >= 0.3 is 0 Å². The van der Waals surface area contributed by atoms with Gasteiger partial charge in [-0.3, -0.25) is 14.5 Å². The summed E-state index contributed by atoms with van der Waals surface area (Å²) in [6.45, 7) is 3.28. The first-order valence-corrected chi connectivity index (χ1v) is 8.44. The number of carbonyl (C=O) groups excluding carboxylic acids is 2. The molecule has 3 aromatic rings. The molecule has 2 aromatic heterocycles. The first-order valence-electron chi connectivity index (χ1n) is 8.44. The molecule has 0 saturated carbocycles. The van der Waals surface area contributed by atoms with E-state index >= 15 is 0 Å². The molecule has 0 spiro atoms. The molecule has 28 heavy (non-hydrogen) atoms. The predicted octanol–water partition coefficient (Wildman–Crippen LogP) is 3.81. The summed E-state index contributed by atoms with van der Waals surface area (Å²) in [6, 6.07) is 8.96. The number of halogens is 1. The van der Waals surface area contributed by atoms with Crippen LogP contribution in [0.3, 0.4) is 0 Å². The van der Waals surface area contributed by atoms with Crippen LogP contribution in [0.1, 0.15) is 33.7 Å². The topological polar surface area (TPSA) is 96.8 Å². The second kappa shape index (κ2) is 6.49. The summed E-state index contributed by atoms with van der Waals surface area (Å²) in [5.74, 6) is -2.13. The highest BCUT2D eigenvalue weighted by molar-refractivity contribution is 6.19. The van der Waals surface area contributed by atoms with Crippen molar-refractivity contribution in [1.82, 2.24) is 5.16 Å². The van der Waals surface area contributed by atoms with Crippen LogP contribution in [-0.4, -0.2) is 22.0 Å². The van der Waals surface area contributed by atoms with Crippen LogP contribution in [0.15, 0.2) is 62.7 Å².